The van der Waals surface area contributed by atoms with E-state index in [4.69, 9.17) is 23.2 Å². The maximum absolute atomic E-state index is 9.59. The van der Waals surface area contributed by atoms with Gasteiger partial charge in [-0.05, 0) is 27.7 Å². The highest BCUT2D eigenvalue weighted by molar-refractivity contribution is 6.44. The number of alkyl halides is 2. The van der Waals surface area contributed by atoms with Gasteiger partial charge in [0.1, 0.15) is 11.1 Å². The molecule has 74 valence electrons. The fraction of sp³-hybridized carbons (Fsp3) is 1.00. The van der Waals surface area contributed by atoms with Crippen LogP contribution >= 0.6 is 23.2 Å². The summed E-state index contributed by atoms with van der Waals surface area (Å²) in [4.78, 5) is 1.11. The average molecular weight is 214 g/mol. The molecule has 0 rings (SSSR count). The third-order valence-corrected chi connectivity index (χ3v) is 2.17. The van der Waals surface area contributed by atoms with Gasteiger partial charge >= 0.3 is 0 Å². The summed E-state index contributed by atoms with van der Waals surface area (Å²) in [6.07, 6.45) is -0.784. The van der Waals surface area contributed by atoms with Crippen LogP contribution in [-0.4, -0.2) is 33.2 Å². The van der Waals surface area contributed by atoms with Crippen molar-refractivity contribution in [3.05, 3.63) is 0 Å². The molecule has 0 saturated carbocycles. The molecule has 0 heterocycles. The van der Waals surface area contributed by atoms with Crippen molar-refractivity contribution in [3.8, 4) is 0 Å². The molecule has 0 bridgehead atoms. The molecule has 0 amide bonds. The van der Waals surface area contributed by atoms with Gasteiger partial charge in [0.15, 0.2) is 0 Å². The van der Waals surface area contributed by atoms with E-state index in [-0.39, 0.29) is 12.1 Å². The van der Waals surface area contributed by atoms with E-state index in [1.165, 1.54) is 0 Å². The number of aliphatic hydroxyl groups is 1. The summed E-state index contributed by atoms with van der Waals surface area (Å²) in [5, 5.41) is 9.59. The van der Waals surface area contributed by atoms with E-state index < -0.39 is 11.1 Å². The van der Waals surface area contributed by atoms with Gasteiger partial charge in [0.2, 0.25) is 0 Å². The molecule has 0 aliphatic heterocycles. The minimum absolute atomic E-state index is 0.236. The monoisotopic (exact) mass is 213 g/mol. The van der Waals surface area contributed by atoms with Gasteiger partial charge < -0.3 is 5.11 Å². The van der Waals surface area contributed by atoms with E-state index in [9.17, 15) is 5.11 Å². The lowest BCUT2D eigenvalue weighted by atomic mass is 10.2. The van der Waals surface area contributed by atoms with Crippen molar-refractivity contribution in [2.24, 2.45) is 0 Å². The summed E-state index contributed by atoms with van der Waals surface area (Å²) in [7, 11) is 0. The highest BCUT2D eigenvalue weighted by Crippen LogP contribution is 2.17. The molecule has 0 spiro atoms. The van der Waals surface area contributed by atoms with Gasteiger partial charge in [0.25, 0.3) is 0 Å². The van der Waals surface area contributed by atoms with Crippen LogP contribution in [0.3, 0.4) is 0 Å². The Morgan fingerprint density at radius 1 is 1.00 bits per heavy atom. The Labute approximate surface area is 84.5 Å². The van der Waals surface area contributed by atoms with Crippen LogP contribution in [0.2, 0.25) is 0 Å². The molecule has 0 aromatic rings. The van der Waals surface area contributed by atoms with Crippen LogP contribution in [0.25, 0.3) is 0 Å². The summed E-state index contributed by atoms with van der Waals surface area (Å²) < 4.78 is 0. The highest BCUT2D eigenvalue weighted by Gasteiger charge is 2.26. The predicted octanol–water partition coefficient (Wildman–Crippen LogP) is 2.23. The molecule has 0 fully saturated rings. The molecule has 4 heteroatoms. The topological polar surface area (TPSA) is 23.5 Å². The zero-order valence-corrected chi connectivity index (χ0v) is 9.47. The van der Waals surface area contributed by atoms with Crippen LogP contribution in [0.4, 0.5) is 0 Å². The molecule has 0 aliphatic carbocycles. The van der Waals surface area contributed by atoms with Crippen LogP contribution in [0.5, 0.6) is 0 Å². The van der Waals surface area contributed by atoms with Crippen molar-refractivity contribution in [1.82, 2.24) is 4.90 Å². The van der Waals surface area contributed by atoms with E-state index in [1.807, 2.05) is 32.6 Å². The normalized spacial score (nSPS) is 15.2. The molecular weight excluding hydrogens is 197 g/mol. The first-order valence-electron chi connectivity index (χ1n) is 4.11. The van der Waals surface area contributed by atoms with Crippen molar-refractivity contribution in [1.29, 1.82) is 0 Å². The molecule has 0 radical (unpaired) electrons. The molecule has 0 aliphatic rings. The third-order valence-electron chi connectivity index (χ3n) is 1.72. The standard InChI is InChI=1S/C8H17Cl2NO/c1-5(2)11(6(3)4)8(12)7(9)10/h5-8,12H,1-4H3. The van der Waals surface area contributed by atoms with Gasteiger partial charge in [0, 0.05) is 12.1 Å². The fourth-order valence-electron chi connectivity index (χ4n) is 1.34. The first-order chi connectivity index (χ1) is 5.37. The Hall–Kier alpha value is 0.500. The van der Waals surface area contributed by atoms with Crippen LogP contribution in [-0.2, 0) is 0 Å². The first-order valence-corrected chi connectivity index (χ1v) is 4.98. The number of hydrogen-bond donors (Lipinski definition) is 1. The minimum Gasteiger partial charge on any atom is -0.375 e. The summed E-state index contributed by atoms with van der Waals surface area (Å²) >= 11 is 11.2. The molecule has 0 saturated heterocycles. The van der Waals surface area contributed by atoms with Gasteiger partial charge in [0.05, 0.1) is 0 Å². The first kappa shape index (κ1) is 12.5. The summed E-state index contributed by atoms with van der Waals surface area (Å²) in [6.45, 7) is 8.00. The lowest BCUT2D eigenvalue weighted by Gasteiger charge is -2.35. The third kappa shape index (κ3) is 3.48. The maximum Gasteiger partial charge on any atom is 0.147 e. The molecular formula is C8H17Cl2NO. The maximum atomic E-state index is 9.59. The second-order valence-corrected chi connectivity index (χ2v) is 4.55. The van der Waals surface area contributed by atoms with Crippen molar-refractivity contribution < 1.29 is 5.11 Å². The van der Waals surface area contributed by atoms with E-state index in [0.29, 0.717) is 0 Å². The van der Waals surface area contributed by atoms with E-state index in [0.717, 1.165) is 0 Å². The van der Waals surface area contributed by atoms with Crippen molar-refractivity contribution >= 4 is 23.2 Å². The Kier molecular flexibility index (Phi) is 5.50. The van der Waals surface area contributed by atoms with Gasteiger partial charge in [-0.1, -0.05) is 0 Å². The Balaban J connectivity index is 4.30. The van der Waals surface area contributed by atoms with Gasteiger partial charge in [-0.25, -0.2) is 0 Å². The molecule has 12 heavy (non-hydrogen) atoms. The predicted molar refractivity (Wildman–Crippen MR) is 53.6 cm³/mol. The summed E-state index contributed by atoms with van der Waals surface area (Å²) in [5.41, 5.74) is 0. The van der Waals surface area contributed by atoms with E-state index in [2.05, 4.69) is 0 Å². The number of hydrogen-bond acceptors (Lipinski definition) is 2. The van der Waals surface area contributed by atoms with Gasteiger partial charge in [-0.3, -0.25) is 4.90 Å². The van der Waals surface area contributed by atoms with Crippen molar-refractivity contribution in [2.45, 2.75) is 50.8 Å². The molecule has 1 atom stereocenters. The zero-order chi connectivity index (χ0) is 9.89. The molecule has 1 unspecified atom stereocenters. The minimum atomic E-state index is -0.784. The van der Waals surface area contributed by atoms with Crippen LogP contribution in [0.15, 0.2) is 0 Å². The second-order valence-electron chi connectivity index (χ2n) is 3.38. The van der Waals surface area contributed by atoms with Crippen LogP contribution in [0, 0.1) is 0 Å². The average Bonchev–Trinajstić information content (AvgIpc) is 1.85. The Bertz CT molecular complexity index is 120. The largest absolute Gasteiger partial charge is 0.375 e. The second kappa shape index (κ2) is 5.28. The molecule has 0 aromatic heterocycles. The van der Waals surface area contributed by atoms with E-state index in [1.54, 1.807) is 0 Å². The van der Waals surface area contributed by atoms with Crippen molar-refractivity contribution in [2.75, 3.05) is 0 Å². The zero-order valence-electron chi connectivity index (χ0n) is 7.96. The van der Waals surface area contributed by atoms with Crippen LogP contribution < -0.4 is 0 Å². The van der Waals surface area contributed by atoms with E-state index >= 15 is 0 Å². The fourth-order valence-corrected chi connectivity index (χ4v) is 1.60. The number of halogens is 2. The number of nitrogens with zero attached hydrogens (tertiary/aromatic N) is 1. The SMILES string of the molecule is CC(C)N(C(C)C)C(O)C(Cl)Cl. The highest BCUT2D eigenvalue weighted by atomic mass is 35.5. The smallest absolute Gasteiger partial charge is 0.147 e. The van der Waals surface area contributed by atoms with Crippen LogP contribution in [0.1, 0.15) is 27.7 Å². The molecule has 1 N–H and O–H groups in total. The number of aliphatic hydroxyl groups excluding tert-OH is 1. The Morgan fingerprint density at radius 3 is 1.42 bits per heavy atom. The molecule has 0 aromatic carbocycles. The lowest BCUT2D eigenvalue weighted by molar-refractivity contribution is -0.0273. The van der Waals surface area contributed by atoms with Crippen molar-refractivity contribution in [3.63, 3.8) is 0 Å². The Morgan fingerprint density at radius 2 is 1.33 bits per heavy atom. The summed E-state index contributed by atoms with van der Waals surface area (Å²) in [6, 6.07) is 0.472. The molecule has 2 nitrogen and oxygen atoms in total. The number of rotatable bonds is 4. The lowest BCUT2D eigenvalue weighted by Crippen LogP contribution is -2.47. The quantitative estimate of drug-likeness (QED) is 0.573. The summed E-state index contributed by atoms with van der Waals surface area (Å²) in [5.74, 6) is 0. The van der Waals surface area contributed by atoms with Gasteiger partial charge in [-0.2, -0.15) is 0 Å². The van der Waals surface area contributed by atoms with Gasteiger partial charge in [-0.15, -0.1) is 23.2 Å².